The van der Waals surface area contributed by atoms with E-state index in [1.54, 1.807) is 31.2 Å². The molecule has 5 amide bonds. The summed E-state index contributed by atoms with van der Waals surface area (Å²) in [7, 11) is 0. The second-order valence-electron chi connectivity index (χ2n) is 14.5. The van der Waals surface area contributed by atoms with Gasteiger partial charge in [0.05, 0.1) is 43.7 Å². The number of aromatic nitrogens is 4. The normalized spacial score (nSPS) is 13.1. The molecule has 0 saturated heterocycles. The van der Waals surface area contributed by atoms with Crippen LogP contribution in [0.1, 0.15) is 74.3 Å². The molecule has 350 valence electrons. The minimum Gasteiger partial charge on any atom is -0.481 e. The average molecular weight is 911 g/mol. The molecule has 3 aromatic rings. The number of H-pyrrole nitrogens is 1. The standard InChI is InChI=1S/C38H50N14O13/c1-18(45-32(61)19-6-8-20(9-7-19)43-15-22-16-44-31-30(46-22)36(65)52-38(41)51-31)5-10-26(54)48-24(13-28(57)58)35(64)49-23(4-2-3-11-42-37(39)40)33(62)50-25(14-29(59)60)34(63)47-21(17-53)12-27(55)56/h6-9,16-18,21,23-25,43H,2-5,10-15H2,1H3,(H,45,61)(H,47,63)(H,48,54)(H,49,64)(H,50,62)(H,55,56)(H,57,58)(H,59,60)(H4,39,40,42)(H3,41,44,51,52,65)/t18-,21+,23+,24+,25+/m1/s1. The lowest BCUT2D eigenvalue weighted by atomic mass is 10.1. The van der Waals surface area contributed by atoms with Crippen molar-refractivity contribution >= 4 is 82.5 Å². The van der Waals surface area contributed by atoms with E-state index in [0.29, 0.717) is 11.4 Å². The van der Waals surface area contributed by atoms with E-state index >= 15 is 0 Å². The van der Waals surface area contributed by atoms with Gasteiger partial charge in [-0.2, -0.15) is 4.98 Å². The molecule has 0 aliphatic carbocycles. The van der Waals surface area contributed by atoms with E-state index in [4.69, 9.17) is 22.0 Å². The largest absolute Gasteiger partial charge is 0.481 e. The van der Waals surface area contributed by atoms with Crippen LogP contribution in [-0.2, 0) is 44.9 Å². The highest BCUT2D eigenvalue weighted by Crippen LogP contribution is 2.13. The lowest BCUT2D eigenvalue weighted by Gasteiger charge is -2.25. The summed E-state index contributed by atoms with van der Waals surface area (Å²) >= 11 is 0. The third-order valence-corrected chi connectivity index (χ3v) is 9.09. The molecule has 2 heterocycles. The summed E-state index contributed by atoms with van der Waals surface area (Å²) in [6.45, 7) is 1.96. The first-order chi connectivity index (χ1) is 30.7. The number of carbonyl (C=O) groups is 9. The number of hydrogen-bond acceptors (Lipinski definition) is 16. The highest BCUT2D eigenvalue weighted by atomic mass is 16.4. The van der Waals surface area contributed by atoms with Crippen LogP contribution < -0.4 is 54.2 Å². The summed E-state index contributed by atoms with van der Waals surface area (Å²) < 4.78 is 0. The van der Waals surface area contributed by atoms with Crippen molar-refractivity contribution in [3.05, 3.63) is 52.1 Å². The van der Waals surface area contributed by atoms with Gasteiger partial charge in [-0.15, -0.1) is 0 Å². The van der Waals surface area contributed by atoms with E-state index < -0.39 is 102 Å². The number of carbonyl (C=O) groups excluding carboxylic acids is 6. The Morgan fingerprint density at radius 3 is 2.02 bits per heavy atom. The van der Waals surface area contributed by atoms with E-state index in [2.05, 4.69) is 51.8 Å². The molecular formula is C38H50N14O13. The average Bonchev–Trinajstić information content (AvgIpc) is 3.23. The summed E-state index contributed by atoms with van der Waals surface area (Å²) in [4.78, 5) is 138. The van der Waals surface area contributed by atoms with Crippen molar-refractivity contribution in [2.24, 2.45) is 5.73 Å². The number of fused-ring (bicyclic) bond motifs is 1. The zero-order valence-electron chi connectivity index (χ0n) is 34.8. The number of nitrogens with two attached hydrogens (primary N) is 2. The minimum absolute atomic E-state index is 0.0173. The van der Waals surface area contributed by atoms with Gasteiger partial charge >= 0.3 is 17.9 Å². The lowest BCUT2D eigenvalue weighted by molar-refractivity contribution is -0.142. The predicted molar refractivity (Wildman–Crippen MR) is 227 cm³/mol. The van der Waals surface area contributed by atoms with Crippen LogP contribution in [0.5, 0.6) is 0 Å². The van der Waals surface area contributed by atoms with Crippen LogP contribution in [0, 0.1) is 5.41 Å². The van der Waals surface area contributed by atoms with E-state index in [0.717, 1.165) is 0 Å². The van der Waals surface area contributed by atoms with Crippen molar-refractivity contribution in [1.82, 2.24) is 51.8 Å². The molecule has 0 radical (unpaired) electrons. The first-order valence-corrected chi connectivity index (χ1v) is 19.8. The number of nitrogen functional groups attached to an aromatic ring is 1. The molecule has 65 heavy (non-hydrogen) atoms. The van der Waals surface area contributed by atoms with Gasteiger partial charge in [0.25, 0.3) is 11.5 Å². The number of rotatable bonds is 27. The maximum absolute atomic E-state index is 13.5. The Balaban J connectivity index is 1.61. The monoisotopic (exact) mass is 910 g/mol. The zero-order valence-corrected chi connectivity index (χ0v) is 34.8. The Bertz CT molecular complexity index is 2310. The SMILES string of the molecule is C[C@H](CCC(=O)N[C@@H](CC(=O)O)C(=O)N[C@@H](CCCCNC(=N)N)C(=O)N[C@@H](CC(=O)O)C(=O)N[C@H](C=O)CC(=O)O)NC(=O)c1ccc(NCc2cnc3nc(N)[nH]c(=O)c3n2)cc1. The number of guanidine groups is 1. The Morgan fingerprint density at radius 2 is 1.40 bits per heavy atom. The molecule has 0 spiro atoms. The van der Waals surface area contributed by atoms with Crippen LogP contribution in [-0.4, -0.2) is 132 Å². The fraction of sp³-hybridized carbons (Fsp3) is 0.421. The van der Waals surface area contributed by atoms with Crippen molar-refractivity contribution in [2.45, 2.75) is 95.0 Å². The van der Waals surface area contributed by atoms with E-state index in [1.807, 2.05) is 5.32 Å². The Kier molecular flexibility index (Phi) is 19.6. The second-order valence-corrected chi connectivity index (χ2v) is 14.5. The summed E-state index contributed by atoms with van der Waals surface area (Å²) in [5.74, 6) is -9.70. The molecule has 0 bridgehead atoms. The van der Waals surface area contributed by atoms with Gasteiger partial charge in [0.1, 0.15) is 24.4 Å². The number of anilines is 2. The molecule has 2 aromatic heterocycles. The van der Waals surface area contributed by atoms with Gasteiger partial charge in [0.2, 0.25) is 29.6 Å². The summed E-state index contributed by atoms with van der Waals surface area (Å²) in [5.41, 5.74) is 11.7. The number of aldehydes is 1. The topological polar surface area (TPSA) is 446 Å². The van der Waals surface area contributed by atoms with Gasteiger partial charge in [-0.1, -0.05) is 0 Å². The van der Waals surface area contributed by atoms with Crippen LogP contribution in [0.15, 0.2) is 35.3 Å². The fourth-order valence-corrected chi connectivity index (χ4v) is 5.86. The van der Waals surface area contributed by atoms with Gasteiger partial charge in [-0.25, -0.2) is 9.97 Å². The number of benzene rings is 1. The summed E-state index contributed by atoms with van der Waals surface area (Å²) in [5, 5.41) is 52.4. The zero-order chi connectivity index (χ0) is 48.2. The van der Waals surface area contributed by atoms with Crippen molar-refractivity contribution in [3.8, 4) is 0 Å². The number of aliphatic carboxylic acids is 3. The molecule has 5 atom stereocenters. The minimum atomic E-state index is -1.86. The quantitative estimate of drug-likeness (QED) is 0.0157. The highest BCUT2D eigenvalue weighted by Gasteiger charge is 2.32. The molecule has 27 heteroatoms. The van der Waals surface area contributed by atoms with Crippen LogP contribution in [0.3, 0.4) is 0 Å². The van der Waals surface area contributed by atoms with Gasteiger partial charge < -0.3 is 68.8 Å². The Hall–Kier alpha value is -8.26. The fourth-order valence-electron chi connectivity index (χ4n) is 5.86. The molecule has 1 aromatic carbocycles. The molecule has 16 N–H and O–H groups in total. The maximum atomic E-state index is 13.5. The molecule has 0 aliphatic heterocycles. The van der Waals surface area contributed by atoms with E-state index in [-0.39, 0.29) is 80.1 Å². The number of carboxylic acid groups (broad SMARTS) is 3. The number of aromatic amines is 1. The number of nitrogens with zero attached hydrogens (tertiary/aromatic N) is 3. The molecule has 27 nitrogen and oxygen atoms in total. The van der Waals surface area contributed by atoms with Crippen LogP contribution in [0.4, 0.5) is 11.6 Å². The predicted octanol–water partition coefficient (Wildman–Crippen LogP) is -2.98. The summed E-state index contributed by atoms with van der Waals surface area (Å²) in [6.07, 6.45) is -1.26. The van der Waals surface area contributed by atoms with E-state index in [9.17, 15) is 58.2 Å². The van der Waals surface area contributed by atoms with Crippen molar-refractivity contribution in [2.75, 3.05) is 17.6 Å². The Morgan fingerprint density at radius 1 is 0.800 bits per heavy atom. The molecule has 3 rings (SSSR count). The van der Waals surface area contributed by atoms with Crippen LogP contribution in [0.2, 0.25) is 0 Å². The number of nitrogens with one attached hydrogen (secondary N) is 9. The van der Waals surface area contributed by atoms with E-state index in [1.165, 1.54) is 6.20 Å². The number of carboxylic acids is 3. The molecule has 0 aliphatic rings. The van der Waals surface area contributed by atoms with Gasteiger partial charge in [0, 0.05) is 30.3 Å². The first-order valence-electron chi connectivity index (χ1n) is 19.8. The first kappa shape index (κ1) is 51.1. The third-order valence-electron chi connectivity index (χ3n) is 9.09. The molecular weight excluding hydrogens is 861 g/mol. The third kappa shape index (κ3) is 17.9. The van der Waals surface area contributed by atoms with Crippen molar-refractivity contribution in [1.29, 1.82) is 5.41 Å². The highest BCUT2D eigenvalue weighted by molar-refractivity contribution is 5.97. The number of unbranched alkanes of at least 4 members (excludes halogenated alkanes) is 1. The molecule has 0 unspecified atom stereocenters. The molecule has 0 saturated carbocycles. The number of hydrogen-bond donors (Lipinski definition) is 14. The smallest absolute Gasteiger partial charge is 0.305 e. The van der Waals surface area contributed by atoms with Gasteiger partial charge in [-0.3, -0.25) is 53.5 Å². The maximum Gasteiger partial charge on any atom is 0.305 e. The van der Waals surface area contributed by atoms with Crippen LogP contribution in [0.25, 0.3) is 11.2 Å². The van der Waals surface area contributed by atoms with Gasteiger partial charge in [0.15, 0.2) is 17.1 Å². The summed E-state index contributed by atoms with van der Waals surface area (Å²) in [6, 6.07) is -0.971. The van der Waals surface area contributed by atoms with Crippen LogP contribution >= 0.6 is 0 Å². The van der Waals surface area contributed by atoms with Crippen molar-refractivity contribution in [3.63, 3.8) is 0 Å². The number of amides is 5. The second kappa shape index (κ2) is 25.0. The van der Waals surface area contributed by atoms with Crippen molar-refractivity contribution < 1.29 is 58.5 Å². The van der Waals surface area contributed by atoms with Gasteiger partial charge in [-0.05, 0) is 56.9 Å². The Labute approximate surface area is 368 Å². The molecule has 0 fully saturated rings. The lowest BCUT2D eigenvalue weighted by Crippen LogP contribution is -2.58.